The highest BCUT2D eigenvalue weighted by Gasteiger charge is 2.35. The number of H-pyrrole nitrogens is 1. The van der Waals surface area contributed by atoms with E-state index in [0.717, 1.165) is 0 Å². The summed E-state index contributed by atoms with van der Waals surface area (Å²) in [6.07, 6.45) is -4.69. The molecule has 0 aliphatic carbocycles. The molecule has 2 amide bonds. The fourth-order valence-electron chi connectivity index (χ4n) is 1.20. The van der Waals surface area contributed by atoms with Crippen molar-refractivity contribution in [1.29, 1.82) is 0 Å². The number of rotatable bonds is 5. The normalized spacial score (nSPS) is 13.1. The van der Waals surface area contributed by atoms with Crippen LogP contribution in [0.4, 0.5) is 19.1 Å². The first-order chi connectivity index (χ1) is 9.61. The number of nitrogens with two attached hydrogens (primary N) is 1. The molecular weight excluding hydrogens is 293 g/mol. The zero-order valence-electron chi connectivity index (χ0n) is 11.3. The third-order valence-electron chi connectivity index (χ3n) is 2.45. The molecule has 0 unspecified atom stereocenters. The summed E-state index contributed by atoms with van der Waals surface area (Å²) in [6.45, 7) is 3.02. The van der Waals surface area contributed by atoms with Gasteiger partial charge >= 0.3 is 6.18 Å². The molecule has 1 aromatic heterocycles. The number of hydrogen-bond acceptors (Lipinski definition) is 5. The Morgan fingerprint density at radius 1 is 1.38 bits per heavy atom. The van der Waals surface area contributed by atoms with Gasteiger partial charge in [-0.3, -0.25) is 20.0 Å². The van der Waals surface area contributed by atoms with Gasteiger partial charge in [-0.2, -0.15) is 18.2 Å². The summed E-state index contributed by atoms with van der Waals surface area (Å²) in [7, 11) is 0. The van der Waals surface area contributed by atoms with Crippen molar-refractivity contribution in [3.63, 3.8) is 0 Å². The zero-order valence-corrected chi connectivity index (χ0v) is 11.3. The molecule has 0 saturated heterocycles. The predicted molar refractivity (Wildman–Crippen MR) is 65.8 cm³/mol. The molecule has 21 heavy (non-hydrogen) atoms. The highest BCUT2D eigenvalue weighted by Crippen LogP contribution is 2.26. The summed E-state index contributed by atoms with van der Waals surface area (Å²) >= 11 is 0. The van der Waals surface area contributed by atoms with Crippen molar-refractivity contribution in [2.45, 2.75) is 26.1 Å². The maximum atomic E-state index is 12.2. The fraction of sp³-hybridized carbons (Fsp3) is 0.600. The van der Waals surface area contributed by atoms with Crippen LogP contribution in [0.5, 0.6) is 0 Å². The van der Waals surface area contributed by atoms with E-state index < -0.39 is 42.3 Å². The molecule has 118 valence electrons. The lowest BCUT2D eigenvalue weighted by Gasteiger charge is -2.14. The number of carbonyl (C=O) groups excluding carboxylic acids is 2. The molecule has 1 aromatic rings. The van der Waals surface area contributed by atoms with E-state index in [1.807, 2.05) is 5.32 Å². The van der Waals surface area contributed by atoms with Crippen LogP contribution in [0, 0.1) is 5.92 Å². The van der Waals surface area contributed by atoms with Crippen molar-refractivity contribution in [2.75, 3.05) is 11.9 Å². The quantitative estimate of drug-likeness (QED) is 0.602. The lowest BCUT2D eigenvalue weighted by molar-refractivity contribution is -0.144. The molecule has 0 fully saturated rings. The first-order valence-electron chi connectivity index (χ1n) is 5.94. The van der Waals surface area contributed by atoms with E-state index in [1.54, 1.807) is 18.9 Å². The summed E-state index contributed by atoms with van der Waals surface area (Å²) in [6, 6.07) is -0.779. The van der Waals surface area contributed by atoms with Gasteiger partial charge in [0.25, 0.3) is 0 Å². The Labute approximate surface area is 117 Å². The number of alkyl halides is 3. The number of nitrogens with zero attached hydrogens (tertiary/aromatic N) is 2. The molecule has 5 N–H and O–H groups in total. The van der Waals surface area contributed by atoms with E-state index in [1.165, 1.54) is 0 Å². The van der Waals surface area contributed by atoms with Crippen molar-refractivity contribution in [3.05, 3.63) is 5.82 Å². The van der Waals surface area contributed by atoms with Gasteiger partial charge in [-0.05, 0) is 5.92 Å². The Bertz CT molecular complexity index is 513. The number of hydrogen-bond donors (Lipinski definition) is 4. The van der Waals surface area contributed by atoms with Crippen LogP contribution >= 0.6 is 0 Å². The van der Waals surface area contributed by atoms with Crippen LogP contribution < -0.4 is 16.4 Å². The molecule has 11 heteroatoms. The number of anilines is 1. The lowest BCUT2D eigenvalue weighted by Crippen LogP contribution is -2.46. The number of aromatic amines is 1. The molecule has 1 atom stereocenters. The molecule has 0 aromatic carbocycles. The molecule has 1 heterocycles. The molecule has 0 aliphatic rings. The standard InChI is InChI=1S/C10H15F3N6O2/c1-4(2)6(14)7(21)15-3-5(20)16-9-17-8(18-19-9)10(11,12)13/h4,6H,3,14H2,1-2H3,(H,15,21)(H2,16,17,18,19,20)/t6-/m0/s1. The first kappa shape index (κ1) is 16.9. The van der Waals surface area contributed by atoms with Crippen LogP contribution in [0.15, 0.2) is 0 Å². The summed E-state index contributed by atoms with van der Waals surface area (Å²) in [4.78, 5) is 26.0. The van der Waals surface area contributed by atoms with E-state index in [-0.39, 0.29) is 5.92 Å². The molecule has 0 bridgehead atoms. The van der Waals surface area contributed by atoms with Gasteiger partial charge in [-0.25, -0.2) is 0 Å². The Hall–Kier alpha value is -2.17. The minimum atomic E-state index is -4.69. The van der Waals surface area contributed by atoms with Crippen molar-refractivity contribution in [2.24, 2.45) is 11.7 Å². The molecule has 0 saturated carbocycles. The van der Waals surface area contributed by atoms with Crippen LogP contribution in [-0.4, -0.2) is 39.6 Å². The molecule has 1 rings (SSSR count). The van der Waals surface area contributed by atoms with Crippen molar-refractivity contribution < 1.29 is 22.8 Å². The van der Waals surface area contributed by atoms with Gasteiger partial charge in [-0.15, -0.1) is 5.10 Å². The Morgan fingerprint density at radius 2 is 2.00 bits per heavy atom. The molecular formula is C10H15F3N6O2. The number of halogens is 3. The molecule has 8 nitrogen and oxygen atoms in total. The monoisotopic (exact) mass is 308 g/mol. The van der Waals surface area contributed by atoms with E-state index >= 15 is 0 Å². The average molecular weight is 308 g/mol. The Kier molecular flexibility index (Phi) is 5.24. The minimum Gasteiger partial charge on any atom is -0.346 e. The van der Waals surface area contributed by atoms with E-state index in [9.17, 15) is 22.8 Å². The number of amides is 2. The van der Waals surface area contributed by atoms with Gasteiger partial charge in [0, 0.05) is 0 Å². The first-order valence-corrected chi connectivity index (χ1v) is 5.94. The summed E-state index contributed by atoms with van der Waals surface area (Å²) in [5, 5.41) is 9.10. The van der Waals surface area contributed by atoms with E-state index in [2.05, 4.69) is 15.4 Å². The SMILES string of the molecule is CC(C)[C@H](N)C(=O)NCC(=O)Nc1n[nH]c(C(F)(F)F)n1. The third-order valence-corrected chi connectivity index (χ3v) is 2.45. The second-order valence-corrected chi connectivity index (χ2v) is 4.54. The third kappa shape index (κ3) is 5.02. The maximum absolute atomic E-state index is 12.2. The van der Waals surface area contributed by atoms with E-state index in [4.69, 9.17) is 5.73 Å². The van der Waals surface area contributed by atoms with Crippen LogP contribution in [0.1, 0.15) is 19.7 Å². The summed E-state index contributed by atoms with van der Waals surface area (Å²) in [5.41, 5.74) is 5.55. The minimum absolute atomic E-state index is 0.115. The maximum Gasteiger partial charge on any atom is 0.451 e. The second-order valence-electron chi connectivity index (χ2n) is 4.54. The topological polar surface area (TPSA) is 126 Å². The van der Waals surface area contributed by atoms with Crippen LogP contribution in [0.25, 0.3) is 0 Å². The predicted octanol–water partition coefficient (Wildman–Crippen LogP) is -0.139. The van der Waals surface area contributed by atoms with Crippen LogP contribution in [0.2, 0.25) is 0 Å². The summed E-state index contributed by atoms with van der Waals surface area (Å²) in [5.74, 6) is -3.29. The number of carbonyl (C=O) groups is 2. The van der Waals surface area contributed by atoms with Crippen molar-refractivity contribution in [3.8, 4) is 0 Å². The van der Waals surface area contributed by atoms with Crippen LogP contribution in [-0.2, 0) is 15.8 Å². The van der Waals surface area contributed by atoms with E-state index in [0.29, 0.717) is 0 Å². The van der Waals surface area contributed by atoms with Crippen molar-refractivity contribution in [1.82, 2.24) is 20.5 Å². The molecule has 0 spiro atoms. The van der Waals surface area contributed by atoms with Gasteiger partial charge in [-0.1, -0.05) is 13.8 Å². The van der Waals surface area contributed by atoms with Gasteiger partial charge in [0.15, 0.2) is 0 Å². The van der Waals surface area contributed by atoms with Gasteiger partial charge in [0.1, 0.15) is 0 Å². The van der Waals surface area contributed by atoms with Crippen LogP contribution in [0.3, 0.4) is 0 Å². The molecule has 0 aliphatic heterocycles. The lowest BCUT2D eigenvalue weighted by atomic mass is 10.1. The van der Waals surface area contributed by atoms with Gasteiger partial charge in [0.2, 0.25) is 23.6 Å². The second kappa shape index (κ2) is 6.52. The summed E-state index contributed by atoms with van der Waals surface area (Å²) < 4.78 is 36.7. The Balaban J connectivity index is 2.48. The molecule has 0 radical (unpaired) electrons. The van der Waals surface area contributed by atoms with Crippen molar-refractivity contribution >= 4 is 17.8 Å². The zero-order chi connectivity index (χ0) is 16.2. The smallest absolute Gasteiger partial charge is 0.346 e. The highest BCUT2D eigenvalue weighted by atomic mass is 19.4. The fourth-order valence-corrected chi connectivity index (χ4v) is 1.20. The Morgan fingerprint density at radius 3 is 2.48 bits per heavy atom. The van der Waals surface area contributed by atoms with Gasteiger partial charge < -0.3 is 11.1 Å². The number of aromatic nitrogens is 3. The highest BCUT2D eigenvalue weighted by molar-refractivity contribution is 5.94. The number of nitrogens with one attached hydrogen (secondary N) is 3. The van der Waals surface area contributed by atoms with Gasteiger partial charge in [0.05, 0.1) is 12.6 Å². The largest absolute Gasteiger partial charge is 0.451 e. The average Bonchev–Trinajstić information content (AvgIpc) is 2.83.